The van der Waals surface area contributed by atoms with Gasteiger partial charge < -0.3 is 25.8 Å². The van der Waals surface area contributed by atoms with Crippen LogP contribution in [0.2, 0.25) is 0 Å². The van der Waals surface area contributed by atoms with Crippen molar-refractivity contribution in [2.45, 2.75) is 6.42 Å². The molecule has 0 unspecified atom stereocenters. The first-order valence-electron chi connectivity index (χ1n) is 8.74. The molecule has 0 saturated carbocycles. The molecule has 0 spiro atoms. The van der Waals surface area contributed by atoms with Gasteiger partial charge in [-0.3, -0.25) is 14.4 Å². The van der Waals surface area contributed by atoms with Crippen molar-refractivity contribution in [3.63, 3.8) is 0 Å². The van der Waals surface area contributed by atoms with Crippen molar-refractivity contribution in [1.82, 2.24) is 10.6 Å². The summed E-state index contributed by atoms with van der Waals surface area (Å²) in [6.07, 6.45) is 0.512. The summed E-state index contributed by atoms with van der Waals surface area (Å²) in [6.45, 7) is 0.954. The van der Waals surface area contributed by atoms with E-state index in [-0.39, 0.29) is 29.5 Å². The highest BCUT2D eigenvalue weighted by molar-refractivity contribution is 6.40. The monoisotopic (exact) mass is 385 g/mol. The number of amides is 3. The largest absolute Gasteiger partial charge is 0.508 e. The molecule has 3 amide bonds. The SMILES string of the molecule is COCCNC(=O)c1ccccc1NC(=O)C(=O)NCCc1ccc(O)cc1. The van der Waals surface area contributed by atoms with Gasteiger partial charge in [-0.2, -0.15) is 0 Å². The highest BCUT2D eigenvalue weighted by Crippen LogP contribution is 2.15. The Kier molecular flexibility index (Phi) is 7.98. The number of methoxy groups -OCH3 is 1. The van der Waals surface area contributed by atoms with E-state index in [0.717, 1.165) is 5.56 Å². The number of carbonyl (C=O) groups excluding carboxylic acids is 3. The lowest BCUT2D eigenvalue weighted by molar-refractivity contribution is -0.136. The summed E-state index contributed by atoms with van der Waals surface area (Å²) in [5.74, 6) is -1.87. The number of carbonyl (C=O) groups is 3. The summed E-state index contributed by atoms with van der Waals surface area (Å²) >= 11 is 0. The fraction of sp³-hybridized carbons (Fsp3) is 0.250. The lowest BCUT2D eigenvalue weighted by Gasteiger charge is -2.11. The molecule has 0 radical (unpaired) electrons. The number of benzene rings is 2. The molecule has 0 aromatic heterocycles. The van der Waals surface area contributed by atoms with Crippen molar-refractivity contribution in [3.8, 4) is 5.75 Å². The third-order valence-electron chi connectivity index (χ3n) is 3.85. The summed E-state index contributed by atoms with van der Waals surface area (Å²) < 4.78 is 4.88. The molecule has 148 valence electrons. The second-order valence-electron chi connectivity index (χ2n) is 5.92. The molecule has 0 heterocycles. The fourth-order valence-electron chi connectivity index (χ4n) is 2.39. The Labute approximate surface area is 162 Å². The molecule has 0 atom stereocenters. The number of phenols is 1. The highest BCUT2D eigenvalue weighted by atomic mass is 16.5. The zero-order chi connectivity index (χ0) is 20.4. The molecule has 0 saturated heterocycles. The smallest absolute Gasteiger partial charge is 0.313 e. The maximum atomic E-state index is 12.2. The molecule has 8 heteroatoms. The normalized spacial score (nSPS) is 10.2. The van der Waals surface area contributed by atoms with Crippen LogP contribution in [0.1, 0.15) is 15.9 Å². The van der Waals surface area contributed by atoms with Crippen LogP contribution in [0.4, 0.5) is 5.69 Å². The maximum absolute atomic E-state index is 12.2. The molecular weight excluding hydrogens is 362 g/mol. The zero-order valence-electron chi connectivity index (χ0n) is 15.5. The Balaban J connectivity index is 1.88. The lowest BCUT2D eigenvalue weighted by atomic mass is 10.1. The van der Waals surface area contributed by atoms with Crippen LogP contribution >= 0.6 is 0 Å². The Hall–Kier alpha value is -3.39. The van der Waals surface area contributed by atoms with Gasteiger partial charge in [0.05, 0.1) is 17.9 Å². The predicted molar refractivity (Wildman–Crippen MR) is 104 cm³/mol. The van der Waals surface area contributed by atoms with Gasteiger partial charge in [0, 0.05) is 20.2 Å². The molecule has 0 aliphatic rings. The van der Waals surface area contributed by atoms with E-state index in [1.807, 2.05) is 0 Å². The van der Waals surface area contributed by atoms with E-state index in [9.17, 15) is 19.5 Å². The van der Waals surface area contributed by atoms with E-state index in [1.165, 1.54) is 7.11 Å². The Morgan fingerprint density at radius 1 is 0.929 bits per heavy atom. The second-order valence-corrected chi connectivity index (χ2v) is 5.92. The van der Waals surface area contributed by atoms with Gasteiger partial charge in [-0.05, 0) is 36.2 Å². The summed E-state index contributed by atoms with van der Waals surface area (Å²) in [4.78, 5) is 36.3. The number of hydrogen-bond acceptors (Lipinski definition) is 5. The van der Waals surface area contributed by atoms with Crippen molar-refractivity contribution in [2.24, 2.45) is 0 Å². The average Bonchev–Trinajstić information content (AvgIpc) is 2.70. The van der Waals surface area contributed by atoms with Gasteiger partial charge in [-0.15, -0.1) is 0 Å². The summed E-state index contributed by atoms with van der Waals surface area (Å²) in [7, 11) is 1.53. The quantitative estimate of drug-likeness (QED) is 0.401. The first kappa shape index (κ1) is 20.9. The number of rotatable bonds is 8. The second kappa shape index (κ2) is 10.7. The van der Waals surface area contributed by atoms with E-state index < -0.39 is 11.8 Å². The number of hydrogen-bond donors (Lipinski definition) is 4. The molecule has 0 bridgehead atoms. The van der Waals surface area contributed by atoms with Gasteiger partial charge in [-0.25, -0.2) is 0 Å². The van der Waals surface area contributed by atoms with E-state index in [2.05, 4.69) is 16.0 Å². The van der Waals surface area contributed by atoms with Crippen molar-refractivity contribution < 1.29 is 24.2 Å². The first-order valence-corrected chi connectivity index (χ1v) is 8.74. The molecule has 0 aliphatic carbocycles. The third kappa shape index (κ3) is 6.40. The first-order chi connectivity index (χ1) is 13.5. The van der Waals surface area contributed by atoms with Crippen molar-refractivity contribution in [2.75, 3.05) is 32.1 Å². The van der Waals surface area contributed by atoms with Crippen LogP contribution in [-0.2, 0) is 20.7 Å². The van der Waals surface area contributed by atoms with E-state index in [0.29, 0.717) is 19.6 Å². The fourth-order valence-corrected chi connectivity index (χ4v) is 2.39. The predicted octanol–water partition coefficient (Wildman–Crippen LogP) is 1.07. The van der Waals surface area contributed by atoms with Gasteiger partial charge >= 0.3 is 11.8 Å². The molecule has 28 heavy (non-hydrogen) atoms. The van der Waals surface area contributed by atoms with Gasteiger partial charge in [0.15, 0.2) is 0 Å². The van der Waals surface area contributed by atoms with E-state index in [4.69, 9.17) is 4.74 Å². The number of aromatic hydroxyl groups is 1. The van der Waals surface area contributed by atoms with E-state index in [1.54, 1.807) is 48.5 Å². The minimum atomic E-state index is -0.858. The number of para-hydroxylation sites is 1. The molecule has 0 aliphatic heterocycles. The molecule has 2 aromatic rings. The van der Waals surface area contributed by atoms with Crippen LogP contribution in [0.25, 0.3) is 0 Å². The van der Waals surface area contributed by atoms with Crippen LogP contribution in [-0.4, -0.2) is 49.6 Å². The van der Waals surface area contributed by atoms with Gasteiger partial charge in [-0.1, -0.05) is 24.3 Å². The van der Waals surface area contributed by atoms with Crippen LogP contribution < -0.4 is 16.0 Å². The Morgan fingerprint density at radius 3 is 2.36 bits per heavy atom. The molecule has 2 rings (SSSR count). The average molecular weight is 385 g/mol. The Bertz CT molecular complexity index is 821. The molecule has 2 aromatic carbocycles. The zero-order valence-corrected chi connectivity index (χ0v) is 15.5. The molecule has 0 fully saturated rings. The van der Waals surface area contributed by atoms with Crippen LogP contribution in [0.5, 0.6) is 5.75 Å². The Morgan fingerprint density at radius 2 is 1.64 bits per heavy atom. The summed E-state index contributed by atoms with van der Waals surface area (Å²) in [5, 5.41) is 16.9. The number of anilines is 1. The van der Waals surface area contributed by atoms with Crippen molar-refractivity contribution in [1.29, 1.82) is 0 Å². The van der Waals surface area contributed by atoms with Crippen LogP contribution in [0.3, 0.4) is 0 Å². The number of nitrogens with one attached hydrogen (secondary N) is 3. The van der Waals surface area contributed by atoms with Crippen molar-refractivity contribution in [3.05, 3.63) is 59.7 Å². The minimum Gasteiger partial charge on any atom is -0.508 e. The number of ether oxygens (including phenoxy) is 1. The minimum absolute atomic E-state index is 0.164. The van der Waals surface area contributed by atoms with Gasteiger partial charge in [0.25, 0.3) is 5.91 Å². The number of phenolic OH excluding ortho intramolecular Hbond substituents is 1. The molecular formula is C20H23N3O5. The van der Waals surface area contributed by atoms with Crippen molar-refractivity contribution >= 4 is 23.4 Å². The molecule has 4 N–H and O–H groups in total. The topological polar surface area (TPSA) is 117 Å². The standard InChI is InChI=1S/C20H23N3O5/c1-28-13-12-22-18(25)16-4-2-3-5-17(16)23-20(27)19(26)21-11-10-14-6-8-15(24)9-7-14/h2-9,24H,10-13H2,1H3,(H,21,26)(H,22,25)(H,23,27). The highest BCUT2D eigenvalue weighted by Gasteiger charge is 2.17. The van der Waals surface area contributed by atoms with Gasteiger partial charge in [0.1, 0.15) is 5.75 Å². The molecule has 8 nitrogen and oxygen atoms in total. The lowest BCUT2D eigenvalue weighted by Crippen LogP contribution is -2.37. The summed E-state index contributed by atoms with van der Waals surface area (Å²) in [5.41, 5.74) is 1.41. The third-order valence-corrected chi connectivity index (χ3v) is 3.85. The summed E-state index contributed by atoms with van der Waals surface area (Å²) in [6, 6.07) is 13.0. The van der Waals surface area contributed by atoms with Gasteiger partial charge in [0.2, 0.25) is 0 Å². The van der Waals surface area contributed by atoms with E-state index >= 15 is 0 Å². The van der Waals surface area contributed by atoms with Crippen LogP contribution in [0.15, 0.2) is 48.5 Å². The maximum Gasteiger partial charge on any atom is 0.313 e. The van der Waals surface area contributed by atoms with Crippen LogP contribution in [0, 0.1) is 0 Å².